The molecule has 1 heterocycles. The predicted molar refractivity (Wildman–Crippen MR) is 87.7 cm³/mol. The quantitative estimate of drug-likeness (QED) is 0.608. The van der Waals surface area contributed by atoms with E-state index in [1.807, 2.05) is 19.1 Å². The van der Waals surface area contributed by atoms with E-state index in [0.29, 0.717) is 19.0 Å². The second-order valence-corrected chi connectivity index (χ2v) is 4.93. The van der Waals surface area contributed by atoms with Crippen molar-refractivity contribution in [1.29, 1.82) is 0 Å². The van der Waals surface area contributed by atoms with Crippen LogP contribution in [0.5, 0.6) is 0 Å². The summed E-state index contributed by atoms with van der Waals surface area (Å²) in [6.07, 6.45) is 1.43. The molecule has 0 fully saturated rings. The van der Waals surface area contributed by atoms with E-state index in [2.05, 4.69) is 15.6 Å². The molecule has 1 aromatic carbocycles. The van der Waals surface area contributed by atoms with E-state index in [-0.39, 0.29) is 11.9 Å². The van der Waals surface area contributed by atoms with Gasteiger partial charge in [-0.2, -0.15) is 0 Å². The number of rotatable bonds is 7. The molecule has 0 aliphatic rings. The maximum absolute atomic E-state index is 13.0. The summed E-state index contributed by atoms with van der Waals surface area (Å²) in [5.41, 5.74) is 0.906. The van der Waals surface area contributed by atoms with Gasteiger partial charge in [0.05, 0.1) is 12.4 Å². The largest absolute Gasteiger partial charge is 0.467 e. The van der Waals surface area contributed by atoms with Crippen molar-refractivity contribution in [3.8, 4) is 0 Å². The predicted octanol–water partition coefficient (Wildman–Crippen LogP) is 2.86. The first-order valence-electron chi connectivity index (χ1n) is 7.55. The number of halogens is 1. The summed E-state index contributed by atoms with van der Waals surface area (Å²) in [5, 5.41) is 6.39. The molecular formula is C17H22FN3O2. The zero-order valence-corrected chi connectivity index (χ0v) is 13.4. The van der Waals surface area contributed by atoms with Crippen LogP contribution in [0.2, 0.25) is 0 Å². The van der Waals surface area contributed by atoms with Crippen LogP contribution in [0.25, 0.3) is 0 Å². The summed E-state index contributed by atoms with van der Waals surface area (Å²) in [6, 6.07) is 10.0. The fourth-order valence-electron chi connectivity index (χ4n) is 2.11. The van der Waals surface area contributed by atoms with Crippen LogP contribution in [0.3, 0.4) is 0 Å². The van der Waals surface area contributed by atoms with Crippen LogP contribution in [-0.2, 0) is 11.3 Å². The van der Waals surface area contributed by atoms with Gasteiger partial charge in [0.15, 0.2) is 5.96 Å². The van der Waals surface area contributed by atoms with E-state index in [1.54, 1.807) is 25.5 Å². The number of ether oxygens (including phenoxy) is 1. The summed E-state index contributed by atoms with van der Waals surface area (Å²) < 4.78 is 23.7. The molecule has 0 spiro atoms. The fourth-order valence-corrected chi connectivity index (χ4v) is 2.11. The van der Waals surface area contributed by atoms with E-state index in [1.165, 1.54) is 12.1 Å². The lowest BCUT2D eigenvalue weighted by Crippen LogP contribution is -2.39. The van der Waals surface area contributed by atoms with Gasteiger partial charge in [0.1, 0.15) is 18.1 Å². The van der Waals surface area contributed by atoms with Gasteiger partial charge >= 0.3 is 0 Å². The lowest BCUT2D eigenvalue weighted by molar-refractivity contribution is 0.106. The Kier molecular flexibility index (Phi) is 6.62. The Morgan fingerprint density at radius 2 is 2.04 bits per heavy atom. The van der Waals surface area contributed by atoms with Crippen molar-refractivity contribution in [3.05, 3.63) is 59.8 Å². The minimum atomic E-state index is -0.259. The first-order valence-corrected chi connectivity index (χ1v) is 7.55. The van der Waals surface area contributed by atoms with E-state index in [4.69, 9.17) is 9.15 Å². The number of benzene rings is 1. The van der Waals surface area contributed by atoms with E-state index in [0.717, 1.165) is 17.9 Å². The van der Waals surface area contributed by atoms with Crippen molar-refractivity contribution in [1.82, 2.24) is 10.6 Å². The molecule has 0 aliphatic heterocycles. The van der Waals surface area contributed by atoms with Crippen LogP contribution in [0.15, 0.2) is 52.1 Å². The Morgan fingerprint density at radius 3 is 2.65 bits per heavy atom. The van der Waals surface area contributed by atoms with E-state index >= 15 is 0 Å². The number of nitrogens with zero attached hydrogens (tertiary/aromatic N) is 1. The molecule has 23 heavy (non-hydrogen) atoms. The zero-order valence-electron chi connectivity index (χ0n) is 13.4. The average Bonchev–Trinajstić information content (AvgIpc) is 3.08. The van der Waals surface area contributed by atoms with Gasteiger partial charge in [0.2, 0.25) is 0 Å². The maximum atomic E-state index is 13.0. The fraction of sp³-hybridized carbons (Fsp3) is 0.353. The molecule has 2 rings (SSSR count). The molecule has 6 heteroatoms. The summed E-state index contributed by atoms with van der Waals surface area (Å²) in [5.74, 6) is 1.21. The second-order valence-electron chi connectivity index (χ2n) is 4.93. The molecule has 1 unspecified atom stereocenters. The normalized spacial score (nSPS) is 12.9. The molecule has 0 amide bonds. The van der Waals surface area contributed by atoms with Crippen LogP contribution in [0.1, 0.15) is 24.4 Å². The third kappa shape index (κ3) is 5.41. The van der Waals surface area contributed by atoms with Crippen molar-refractivity contribution < 1.29 is 13.5 Å². The number of nitrogens with one attached hydrogen (secondary N) is 2. The van der Waals surface area contributed by atoms with Crippen LogP contribution in [0.4, 0.5) is 4.39 Å². The van der Waals surface area contributed by atoms with E-state index < -0.39 is 0 Å². The molecular weight excluding hydrogens is 297 g/mol. The van der Waals surface area contributed by atoms with Gasteiger partial charge < -0.3 is 19.8 Å². The summed E-state index contributed by atoms with van der Waals surface area (Å²) in [6.45, 7) is 3.72. The maximum Gasteiger partial charge on any atom is 0.191 e. The van der Waals surface area contributed by atoms with Gasteiger partial charge in [-0.15, -0.1) is 0 Å². The van der Waals surface area contributed by atoms with Crippen molar-refractivity contribution in [2.45, 2.75) is 19.6 Å². The minimum absolute atomic E-state index is 0.192. The molecule has 1 atom stereocenters. The molecule has 0 saturated heterocycles. The lowest BCUT2D eigenvalue weighted by atomic mass is 10.1. The van der Waals surface area contributed by atoms with Gasteiger partial charge in [0.25, 0.3) is 0 Å². The third-order valence-corrected chi connectivity index (χ3v) is 3.30. The third-order valence-electron chi connectivity index (χ3n) is 3.30. The zero-order chi connectivity index (χ0) is 16.5. The van der Waals surface area contributed by atoms with Crippen molar-refractivity contribution in [2.24, 2.45) is 4.99 Å². The highest BCUT2D eigenvalue weighted by atomic mass is 19.1. The van der Waals surface area contributed by atoms with Crippen LogP contribution < -0.4 is 10.6 Å². The molecule has 124 valence electrons. The molecule has 2 aromatic rings. The number of guanidine groups is 1. The number of aliphatic imine (C=N–C) groups is 1. The lowest BCUT2D eigenvalue weighted by Gasteiger charge is -2.18. The molecule has 2 N–H and O–H groups in total. The Morgan fingerprint density at radius 1 is 1.26 bits per heavy atom. The topological polar surface area (TPSA) is 58.8 Å². The molecule has 1 aromatic heterocycles. The van der Waals surface area contributed by atoms with E-state index in [9.17, 15) is 4.39 Å². The monoisotopic (exact) mass is 319 g/mol. The molecule has 5 nitrogen and oxygen atoms in total. The number of hydrogen-bond acceptors (Lipinski definition) is 3. The first-order chi connectivity index (χ1) is 11.2. The first kappa shape index (κ1) is 17.0. The smallest absolute Gasteiger partial charge is 0.191 e. The SMILES string of the molecule is CCNC(=NCc1ccco1)NCC(OC)c1ccc(F)cc1. The summed E-state index contributed by atoms with van der Waals surface area (Å²) in [4.78, 5) is 4.46. The molecule has 0 bridgehead atoms. The van der Waals surface area contributed by atoms with Gasteiger partial charge in [-0.1, -0.05) is 12.1 Å². The Balaban J connectivity index is 1.95. The Bertz CT molecular complexity index is 597. The molecule has 0 radical (unpaired) electrons. The Labute approximate surface area is 135 Å². The Hall–Kier alpha value is -2.34. The minimum Gasteiger partial charge on any atom is -0.467 e. The number of methoxy groups -OCH3 is 1. The van der Waals surface area contributed by atoms with Gasteiger partial charge in [0, 0.05) is 20.2 Å². The highest BCUT2D eigenvalue weighted by Crippen LogP contribution is 2.16. The number of furan rings is 1. The van der Waals surface area contributed by atoms with Crippen LogP contribution in [0, 0.1) is 5.82 Å². The summed E-state index contributed by atoms with van der Waals surface area (Å²) in [7, 11) is 1.63. The second kappa shape index (κ2) is 8.95. The van der Waals surface area contributed by atoms with Crippen LogP contribution in [-0.4, -0.2) is 26.2 Å². The van der Waals surface area contributed by atoms with Gasteiger partial charge in [-0.3, -0.25) is 0 Å². The molecule has 0 aliphatic carbocycles. The van der Waals surface area contributed by atoms with Crippen molar-refractivity contribution >= 4 is 5.96 Å². The van der Waals surface area contributed by atoms with Crippen LogP contribution >= 0.6 is 0 Å². The highest BCUT2D eigenvalue weighted by Gasteiger charge is 2.11. The number of hydrogen-bond donors (Lipinski definition) is 2. The van der Waals surface area contributed by atoms with Crippen molar-refractivity contribution in [2.75, 3.05) is 20.2 Å². The highest BCUT2D eigenvalue weighted by molar-refractivity contribution is 5.79. The van der Waals surface area contributed by atoms with Gasteiger partial charge in [-0.05, 0) is 36.8 Å². The van der Waals surface area contributed by atoms with Gasteiger partial charge in [-0.25, -0.2) is 9.38 Å². The summed E-state index contributed by atoms with van der Waals surface area (Å²) >= 11 is 0. The van der Waals surface area contributed by atoms with Crippen molar-refractivity contribution in [3.63, 3.8) is 0 Å². The molecule has 0 saturated carbocycles. The standard InChI is InChI=1S/C17H22FN3O2/c1-3-19-17(20-11-15-5-4-10-23-15)21-12-16(22-2)13-6-8-14(18)9-7-13/h4-10,16H,3,11-12H2,1-2H3,(H2,19,20,21). The average molecular weight is 319 g/mol.